The van der Waals surface area contributed by atoms with Gasteiger partial charge in [-0.15, -0.1) is 11.3 Å². The van der Waals surface area contributed by atoms with Crippen molar-refractivity contribution in [1.82, 2.24) is 10.3 Å². The fourth-order valence-corrected chi connectivity index (χ4v) is 5.01. The molecule has 0 spiro atoms. The number of amides is 1. The first-order valence-corrected chi connectivity index (χ1v) is 16.2. The predicted octanol–water partition coefficient (Wildman–Crippen LogP) is 6.38. The van der Waals surface area contributed by atoms with Crippen LogP contribution in [0.1, 0.15) is 67.0 Å². The van der Waals surface area contributed by atoms with Gasteiger partial charge in [-0.05, 0) is 29.6 Å². The van der Waals surface area contributed by atoms with Crippen LogP contribution in [0, 0.1) is 5.92 Å². The van der Waals surface area contributed by atoms with Crippen LogP contribution in [-0.4, -0.2) is 44.9 Å². The number of thiazole rings is 1. The molecule has 200 valence electrons. The van der Waals surface area contributed by atoms with E-state index < -0.39 is 20.5 Å². The molecule has 2 aromatic rings. The van der Waals surface area contributed by atoms with E-state index in [1.807, 2.05) is 44.2 Å². The van der Waals surface area contributed by atoms with Crippen LogP contribution in [0.2, 0.25) is 18.1 Å². The third kappa shape index (κ3) is 9.10. The average molecular weight is 535 g/mol. The number of ketones is 1. The summed E-state index contributed by atoms with van der Waals surface area (Å²) in [6, 6.07) is 10.0. The summed E-state index contributed by atoms with van der Waals surface area (Å²) in [7, 11) is -0.487. The largest absolute Gasteiger partial charge is 0.445 e. The first-order valence-electron chi connectivity index (χ1n) is 12.5. The van der Waals surface area contributed by atoms with Crippen LogP contribution < -0.4 is 5.32 Å². The highest BCUT2D eigenvalue weighted by molar-refractivity contribution is 7.13. The lowest BCUT2D eigenvalue weighted by molar-refractivity contribution is 0.0597. The van der Waals surface area contributed by atoms with E-state index in [4.69, 9.17) is 18.9 Å². The van der Waals surface area contributed by atoms with Gasteiger partial charge >= 0.3 is 6.09 Å². The van der Waals surface area contributed by atoms with Gasteiger partial charge in [0.1, 0.15) is 6.10 Å². The molecule has 0 radical (unpaired) electrons. The molecule has 1 heterocycles. The second-order valence-electron chi connectivity index (χ2n) is 10.8. The summed E-state index contributed by atoms with van der Waals surface area (Å²) < 4.78 is 17.7. The number of benzene rings is 1. The van der Waals surface area contributed by atoms with Gasteiger partial charge < -0.3 is 19.2 Å². The minimum absolute atomic E-state index is 0.00143. The molecule has 1 unspecified atom stereocenters. The van der Waals surface area contributed by atoms with E-state index in [-0.39, 0.29) is 23.2 Å². The highest BCUT2D eigenvalue weighted by Gasteiger charge is 2.37. The van der Waals surface area contributed by atoms with Gasteiger partial charge in [-0.3, -0.25) is 4.79 Å². The van der Waals surface area contributed by atoms with E-state index in [0.717, 1.165) is 16.1 Å². The lowest BCUT2D eigenvalue weighted by Crippen LogP contribution is -2.40. The third-order valence-electron chi connectivity index (χ3n) is 6.57. The first-order chi connectivity index (χ1) is 16.8. The van der Waals surface area contributed by atoms with E-state index in [1.54, 1.807) is 0 Å². The van der Waals surface area contributed by atoms with Crippen LogP contribution in [0.25, 0.3) is 0 Å². The van der Waals surface area contributed by atoms with Crippen LogP contribution in [0.5, 0.6) is 0 Å². The lowest BCUT2D eigenvalue weighted by Gasteiger charge is -2.36. The van der Waals surface area contributed by atoms with E-state index in [0.29, 0.717) is 31.2 Å². The molecule has 36 heavy (non-hydrogen) atoms. The highest BCUT2D eigenvalue weighted by Crippen LogP contribution is 2.37. The highest BCUT2D eigenvalue weighted by atomic mass is 32.1. The third-order valence-corrected chi connectivity index (χ3v) is 12.2. The van der Waals surface area contributed by atoms with Gasteiger partial charge in [-0.2, -0.15) is 0 Å². The Kier molecular flexibility index (Phi) is 11.3. The molecule has 1 aromatic heterocycles. The summed E-state index contributed by atoms with van der Waals surface area (Å²) in [6.45, 7) is 16.3. The Morgan fingerprint density at radius 2 is 1.78 bits per heavy atom. The quantitative estimate of drug-likeness (QED) is 0.182. The second-order valence-corrected chi connectivity index (χ2v) is 16.7. The molecule has 0 aliphatic heterocycles. The number of carbonyl (C=O) groups excluding carboxylic acids is 2. The van der Waals surface area contributed by atoms with Gasteiger partial charge in [-0.25, -0.2) is 9.78 Å². The van der Waals surface area contributed by atoms with Crippen LogP contribution in [-0.2, 0) is 33.5 Å². The van der Waals surface area contributed by atoms with Crippen LogP contribution in [0.4, 0.5) is 4.79 Å². The zero-order valence-electron chi connectivity index (χ0n) is 23.0. The normalized spacial score (nSPS) is 13.0. The van der Waals surface area contributed by atoms with Crippen molar-refractivity contribution in [2.75, 3.05) is 13.7 Å². The van der Waals surface area contributed by atoms with Gasteiger partial charge in [0.05, 0.1) is 31.9 Å². The minimum atomic E-state index is -1.99. The number of hydrogen-bond acceptors (Lipinski definition) is 7. The van der Waals surface area contributed by atoms with Crippen molar-refractivity contribution in [3.8, 4) is 0 Å². The lowest BCUT2D eigenvalue weighted by atomic mass is 10.0. The molecule has 9 heteroatoms. The summed E-state index contributed by atoms with van der Waals surface area (Å²) >= 11 is 1.39. The zero-order valence-corrected chi connectivity index (χ0v) is 24.8. The molecule has 1 aromatic carbocycles. The maximum absolute atomic E-state index is 13.1. The molecule has 0 saturated heterocycles. The number of alkyl carbamates (subject to hydrolysis) is 1. The standard InChI is InChI=1S/C27H42N2O5SSi/c1-19(2)23(34-26(31)28-6)16-22(30)25-29-21(18-33-36(7,8)27(3,4)5)24(35-25)14-15-32-17-20-12-10-9-11-13-20/h9-13,19,23H,14-18H2,1-8H3,(H,28,31). The van der Waals surface area contributed by atoms with E-state index in [2.05, 4.69) is 39.2 Å². The SMILES string of the molecule is CNC(=O)OC(CC(=O)c1nc(CO[Si](C)(C)C(C)(C)C)c(CCOCc2ccccc2)s1)C(C)C. The molecule has 2 rings (SSSR count). The minimum Gasteiger partial charge on any atom is -0.445 e. The molecule has 0 saturated carbocycles. The van der Waals surface area contributed by atoms with Gasteiger partial charge in [0.25, 0.3) is 0 Å². The Balaban J connectivity index is 2.15. The smallest absolute Gasteiger partial charge is 0.407 e. The molecule has 7 nitrogen and oxygen atoms in total. The number of hydrogen-bond donors (Lipinski definition) is 1. The summed E-state index contributed by atoms with van der Waals surface area (Å²) in [4.78, 5) is 30.6. The number of nitrogens with zero attached hydrogens (tertiary/aromatic N) is 1. The van der Waals surface area contributed by atoms with Crippen LogP contribution in [0.15, 0.2) is 30.3 Å². The first kappa shape index (κ1) is 30.2. The number of ether oxygens (including phenoxy) is 2. The second kappa shape index (κ2) is 13.5. The molecular formula is C27H42N2O5SSi. The molecule has 1 atom stereocenters. The van der Waals surface area contributed by atoms with Crippen molar-refractivity contribution < 1.29 is 23.5 Å². The fraction of sp³-hybridized carbons (Fsp3) is 0.593. The monoisotopic (exact) mass is 534 g/mol. The summed E-state index contributed by atoms with van der Waals surface area (Å²) in [5, 5.41) is 2.94. The molecule has 0 fully saturated rings. The number of Topliss-reactive ketones (excluding diaryl/α,β-unsaturated/α-hetero) is 1. The predicted molar refractivity (Wildman–Crippen MR) is 147 cm³/mol. The van der Waals surface area contributed by atoms with Crippen molar-refractivity contribution >= 4 is 31.5 Å². The van der Waals surface area contributed by atoms with Crippen LogP contribution >= 0.6 is 11.3 Å². The number of carbonyl (C=O) groups is 2. The number of aromatic nitrogens is 1. The molecule has 1 amide bonds. The molecule has 0 bridgehead atoms. The van der Waals surface area contributed by atoms with Crippen molar-refractivity contribution in [2.24, 2.45) is 5.92 Å². The van der Waals surface area contributed by atoms with Crippen molar-refractivity contribution in [1.29, 1.82) is 0 Å². The van der Waals surface area contributed by atoms with Gasteiger partial charge in [0.15, 0.2) is 19.1 Å². The Bertz CT molecular complexity index is 986. The summed E-state index contributed by atoms with van der Waals surface area (Å²) in [5.74, 6) is -0.133. The maximum atomic E-state index is 13.1. The number of rotatable bonds is 13. The van der Waals surface area contributed by atoms with Gasteiger partial charge in [-0.1, -0.05) is 65.0 Å². The topological polar surface area (TPSA) is 86.8 Å². The van der Waals surface area contributed by atoms with Crippen LogP contribution in [0.3, 0.4) is 0 Å². The van der Waals surface area contributed by atoms with Gasteiger partial charge in [0, 0.05) is 18.3 Å². The fourth-order valence-electron chi connectivity index (χ4n) is 3.09. The van der Waals surface area contributed by atoms with Crippen molar-refractivity contribution in [2.45, 2.75) is 84.9 Å². The molecule has 0 aliphatic carbocycles. The van der Waals surface area contributed by atoms with Crippen molar-refractivity contribution in [3.05, 3.63) is 51.5 Å². The number of nitrogens with one attached hydrogen (secondary N) is 1. The molecular weight excluding hydrogens is 492 g/mol. The Labute approximate surface area is 221 Å². The van der Waals surface area contributed by atoms with E-state index >= 15 is 0 Å². The zero-order chi connectivity index (χ0) is 26.9. The summed E-state index contributed by atoms with van der Waals surface area (Å²) in [5.41, 5.74) is 1.92. The maximum Gasteiger partial charge on any atom is 0.407 e. The molecule has 1 N–H and O–H groups in total. The Morgan fingerprint density at radius 1 is 1.11 bits per heavy atom. The van der Waals surface area contributed by atoms with E-state index in [1.165, 1.54) is 18.4 Å². The Morgan fingerprint density at radius 3 is 2.36 bits per heavy atom. The summed E-state index contributed by atoms with van der Waals surface area (Å²) in [6.07, 6.45) is -0.326. The molecule has 0 aliphatic rings. The Hall–Kier alpha value is -2.07. The van der Waals surface area contributed by atoms with Gasteiger partial charge in [0.2, 0.25) is 0 Å². The van der Waals surface area contributed by atoms with Crippen molar-refractivity contribution in [3.63, 3.8) is 0 Å². The van der Waals surface area contributed by atoms with E-state index in [9.17, 15) is 9.59 Å². The average Bonchev–Trinajstić information content (AvgIpc) is 3.23.